The predicted molar refractivity (Wildman–Crippen MR) is 141 cm³/mol. The quantitative estimate of drug-likeness (QED) is 0.274. The molecule has 8 nitrogen and oxygen atoms in total. The maximum atomic E-state index is 15.3. The van der Waals surface area contributed by atoms with E-state index in [1.54, 1.807) is 0 Å². The molecule has 1 aliphatic heterocycles. The third kappa shape index (κ3) is 5.68. The zero-order chi connectivity index (χ0) is 31.3. The Balaban J connectivity index is 1.54. The molecule has 2 aromatic carbocycles. The van der Waals surface area contributed by atoms with Gasteiger partial charge in [0.2, 0.25) is 11.8 Å². The molecule has 222 valence electrons. The fourth-order valence-corrected chi connectivity index (χ4v) is 4.56. The van der Waals surface area contributed by atoms with Gasteiger partial charge in [0, 0.05) is 23.7 Å². The van der Waals surface area contributed by atoms with Gasteiger partial charge in [0.05, 0.1) is 41.2 Å². The first-order valence-electron chi connectivity index (χ1n) is 12.8. The van der Waals surface area contributed by atoms with Crippen LogP contribution in [0.1, 0.15) is 42.8 Å². The summed E-state index contributed by atoms with van der Waals surface area (Å²) in [6.45, 7) is 2.70. The Morgan fingerprint density at radius 2 is 1.81 bits per heavy atom. The molecule has 0 spiro atoms. The Bertz CT molecular complexity index is 1740. The second-order valence-corrected chi connectivity index (χ2v) is 10.6. The number of nitrogens with two attached hydrogens (primary N) is 1. The average Bonchev–Trinajstić information content (AvgIpc) is 3.44. The number of hydrogen-bond acceptors (Lipinski definition) is 7. The highest BCUT2D eigenvalue weighted by Crippen LogP contribution is 2.45. The standard InChI is InChI=1S/C29H22F6N6O2/c1-27(2,14-36)26-40-39-24(43-26)18-10-23-19(11-20(18)30)28(31,32)12-21(37)25(42)41(23)13-15-3-5-16(6-4-15)22-9-17(7-8-38-22)29(33,34)35/h3-11,21H,12-13,37H2,1-2H3/t21-/m0/s1. The second kappa shape index (κ2) is 10.5. The lowest BCUT2D eigenvalue weighted by Crippen LogP contribution is -2.43. The summed E-state index contributed by atoms with van der Waals surface area (Å²) in [6, 6.07) is 9.59. The van der Waals surface area contributed by atoms with Crippen LogP contribution in [0.15, 0.2) is 59.1 Å². The Morgan fingerprint density at radius 1 is 1.12 bits per heavy atom. The summed E-state index contributed by atoms with van der Waals surface area (Å²) in [6.07, 6.45) is -4.60. The molecule has 4 aromatic rings. The number of nitriles is 1. The van der Waals surface area contributed by atoms with Crippen molar-refractivity contribution in [1.29, 1.82) is 5.26 Å². The minimum absolute atomic E-state index is 0.0536. The van der Waals surface area contributed by atoms with E-state index in [1.807, 2.05) is 6.07 Å². The largest absolute Gasteiger partial charge is 0.419 e. The summed E-state index contributed by atoms with van der Waals surface area (Å²) in [5.41, 5.74) is 3.06. The number of carbonyl (C=O) groups is 1. The third-order valence-corrected chi connectivity index (χ3v) is 6.98. The molecule has 0 fully saturated rings. The van der Waals surface area contributed by atoms with Gasteiger partial charge in [-0.3, -0.25) is 9.78 Å². The summed E-state index contributed by atoms with van der Waals surface area (Å²) in [5.74, 6) is -6.18. The van der Waals surface area contributed by atoms with Gasteiger partial charge in [0.1, 0.15) is 11.2 Å². The van der Waals surface area contributed by atoms with Crippen molar-refractivity contribution < 1.29 is 35.6 Å². The van der Waals surface area contributed by atoms with E-state index < -0.39 is 52.8 Å². The Hall–Kier alpha value is -4.77. The third-order valence-electron chi connectivity index (χ3n) is 6.98. The van der Waals surface area contributed by atoms with Gasteiger partial charge < -0.3 is 15.1 Å². The van der Waals surface area contributed by atoms with E-state index in [4.69, 9.17) is 10.2 Å². The topological polar surface area (TPSA) is 122 Å². The highest BCUT2D eigenvalue weighted by Gasteiger charge is 2.45. The van der Waals surface area contributed by atoms with Crippen LogP contribution in [-0.4, -0.2) is 27.1 Å². The SMILES string of the molecule is CC(C)(C#N)c1nnc(-c2cc3c(cc2F)C(F)(F)C[C@H](N)C(=O)N3Cc2ccc(-c3cc(C(F)(F)F)ccn3)cc2)o1. The summed E-state index contributed by atoms with van der Waals surface area (Å²) in [5, 5.41) is 16.9. The summed E-state index contributed by atoms with van der Waals surface area (Å²) >= 11 is 0. The minimum Gasteiger partial charge on any atom is -0.419 e. The number of hydrogen-bond donors (Lipinski definition) is 1. The number of pyridine rings is 1. The first kappa shape index (κ1) is 29.7. The van der Waals surface area contributed by atoms with Crippen molar-refractivity contribution in [2.75, 3.05) is 4.90 Å². The Kier molecular flexibility index (Phi) is 7.25. The highest BCUT2D eigenvalue weighted by atomic mass is 19.4. The molecule has 2 N–H and O–H groups in total. The molecule has 0 radical (unpaired) electrons. The number of fused-ring (bicyclic) bond motifs is 1. The maximum Gasteiger partial charge on any atom is 0.416 e. The molecule has 43 heavy (non-hydrogen) atoms. The van der Waals surface area contributed by atoms with Crippen molar-refractivity contribution >= 4 is 11.6 Å². The van der Waals surface area contributed by atoms with Crippen LogP contribution >= 0.6 is 0 Å². The zero-order valence-corrected chi connectivity index (χ0v) is 22.6. The molecule has 14 heteroatoms. The van der Waals surface area contributed by atoms with Crippen molar-refractivity contribution in [3.63, 3.8) is 0 Å². The number of anilines is 1. The molecule has 3 heterocycles. The Morgan fingerprint density at radius 3 is 2.47 bits per heavy atom. The Labute approximate surface area is 240 Å². The molecule has 0 saturated carbocycles. The van der Waals surface area contributed by atoms with Gasteiger partial charge in [-0.2, -0.15) is 18.4 Å². The molecule has 1 atom stereocenters. The molecule has 0 unspecified atom stereocenters. The zero-order valence-electron chi connectivity index (χ0n) is 22.6. The van der Waals surface area contributed by atoms with Crippen LogP contribution in [0.25, 0.3) is 22.7 Å². The van der Waals surface area contributed by atoms with Gasteiger partial charge in [-0.25, -0.2) is 13.2 Å². The van der Waals surface area contributed by atoms with Crippen LogP contribution in [0.2, 0.25) is 0 Å². The monoisotopic (exact) mass is 600 g/mol. The number of alkyl halides is 5. The number of benzene rings is 2. The first-order valence-corrected chi connectivity index (χ1v) is 12.8. The van der Waals surface area contributed by atoms with Gasteiger partial charge in [0.15, 0.2) is 0 Å². The van der Waals surface area contributed by atoms with Crippen LogP contribution in [0.4, 0.5) is 32.0 Å². The van der Waals surface area contributed by atoms with Crippen LogP contribution in [0, 0.1) is 17.1 Å². The maximum absolute atomic E-state index is 15.3. The molecule has 1 amide bonds. The van der Waals surface area contributed by atoms with Gasteiger partial charge >= 0.3 is 6.18 Å². The number of rotatable bonds is 5. The normalized spacial score (nSPS) is 16.9. The van der Waals surface area contributed by atoms with Gasteiger partial charge in [-0.15, -0.1) is 10.2 Å². The number of amides is 1. The molecule has 0 aliphatic carbocycles. The second-order valence-electron chi connectivity index (χ2n) is 10.6. The molecule has 5 rings (SSSR count). The van der Waals surface area contributed by atoms with E-state index in [0.717, 1.165) is 29.3 Å². The molecule has 2 aromatic heterocycles. The van der Waals surface area contributed by atoms with Gasteiger partial charge in [0.25, 0.3) is 11.8 Å². The van der Waals surface area contributed by atoms with Crippen LogP contribution in [0.3, 0.4) is 0 Å². The van der Waals surface area contributed by atoms with Crippen molar-refractivity contribution in [2.45, 2.75) is 50.4 Å². The smallest absolute Gasteiger partial charge is 0.416 e. The van der Waals surface area contributed by atoms with Crippen molar-refractivity contribution in [2.24, 2.45) is 5.73 Å². The summed E-state index contributed by atoms with van der Waals surface area (Å²) in [7, 11) is 0. The highest BCUT2D eigenvalue weighted by molar-refractivity contribution is 5.99. The van der Waals surface area contributed by atoms with Crippen molar-refractivity contribution in [3.8, 4) is 28.8 Å². The minimum atomic E-state index is -4.56. The fourth-order valence-electron chi connectivity index (χ4n) is 4.56. The molecular weight excluding hydrogens is 578 g/mol. The lowest BCUT2D eigenvalue weighted by Gasteiger charge is -2.25. The fraction of sp³-hybridized carbons (Fsp3) is 0.276. The van der Waals surface area contributed by atoms with E-state index in [9.17, 15) is 23.2 Å². The van der Waals surface area contributed by atoms with Crippen LogP contribution < -0.4 is 10.6 Å². The van der Waals surface area contributed by atoms with Crippen LogP contribution in [0.5, 0.6) is 0 Å². The van der Waals surface area contributed by atoms with E-state index >= 15 is 13.2 Å². The first-order chi connectivity index (χ1) is 20.1. The number of halogens is 6. The van der Waals surface area contributed by atoms with E-state index in [0.29, 0.717) is 17.2 Å². The van der Waals surface area contributed by atoms with E-state index in [-0.39, 0.29) is 35.3 Å². The van der Waals surface area contributed by atoms with E-state index in [1.165, 1.54) is 38.1 Å². The molecule has 0 saturated heterocycles. The van der Waals surface area contributed by atoms with Crippen molar-refractivity contribution in [3.05, 3.63) is 83.1 Å². The molecule has 0 bridgehead atoms. The van der Waals surface area contributed by atoms with E-state index in [2.05, 4.69) is 15.2 Å². The number of aromatic nitrogens is 3. The van der Waals surface area contributed by atoms with Crippen molar-refractivity contribution in [1.82, 2.24) is 15.2 Å². The summed E-state index contributed by atoms with van der Waals surface area (Å²) in [4.78, 5) is 18.3. The lowest BCUT2D eigenvalue weighted by atomic mass is 9.96. The predicted octanol–water partition coefficient (Wildman–Crippen LogP) is 6.11. The molecular formula is C29H22F6N6O2. The summed E-state index contributed by atoms with van der Waals surface area (Å²) < 4.78 is 90.7. The average molecular weight is 601 g/mol. The molecule has 1 aliphatic rings. The van der Waals surface area contributed by atoms with Crippen LogP contribution in [-0.2, 0) is 28.9 Å². The van der Waals surface area contributed by atoms with Gasteiger partial charge in [-0.05, 0) is 43.7 Å². The number of carbonyl (C=O) groups excluding carboxylic acids is 1. The lowest BCUT2D eigenvalue weighted by molar-refractivity contribution is -0.137. The van der Waals surface area contributed by atoms with Gasteiger partial charge in [-0.1, -0.05) is 24.3 Å². The number of nitrogens with zero attached hydrogens (tertiary/aromatic N) is 5.